The van der Waals surface area contributed by atoms with Gasteiger partial charge in [-0.2, -0.15) is 0 Å². The van der Waals surface area contributed by atoms with E-state index in [0.29, 0.717) is 11.1 Å². The van der Waals surface area contributed by atoms with Crippen molar-refractivity contribution in [2.75, 3.05) is 0 Å². The Balaban J connectivity index is 2.06. The molecule has 0 fully saturated rings. The lowest BCUT2D eigenvalue weighted by molar-refractivity contribution is 0.0965. The summed E-state index contributed by atoms with van der Waals surface area (Å²) in [6, 6.07) is 15.1. The fraction of sp³-hybridized carbons (Fsp3) is 0.200. The topological polar surface area (TPSA) is 39.1 Å². The second-order valence-corrected chi connectivity index (χ2v) is 6.72. The van der Waals surface area contributed by atoms with Gasteiger partial charge in [-0.05, 0) is 29.2 Å². The average molecular weight is 305 g/mol. The molecule has 0 spiro atoms. The van der Waals surface area contributed by atoms with E-state index in [2.05, 4.69) is 20.8 Å². The highest BCUT2D eigenvalue weighted by molar-refractivity contribution is 6.06. The van der Waals surface area contributed by atoms with Gasteiger partial charge in [-0.1, -0.05) is 51.1 Å². The summed E-state index contributed by atoms with van der Waals surface area (Å²) >= 11 is 0. The monoisotopic (exact) mass is 305 g/mol. The van der Waals surface area contributed by atoms with Crippen molar-refractivity contribution in [3.63, 3.8) is 0 Å². The number of fused-ring (bicyclic) bond motifs is 1. The summed E-state index contributed by atoms with van der Waals surface area (Å²) in [5.41, 5.74) is 3.11. The molecular formula is C20H19NO2. The number of benzene rings is 2. The molecule has 0 aliphatic carbocycles. The first-order chi connectivity index (χ1) is 10.9. The second-order valence-electron chi connectivity index (χ2n) is 6.72. The fourth-order valence-corrected chi connectivity index (χ4v) is 2.72. The van der Waals surface area contributed by atoms with E-state index in [9.17, 15) is 9.59 Å². The van der Waals surface area contributed by atoms with Gasteiger partial charge >= 0.3 is 0 Å². The Labute approximate surface area is 135 Å². The Morgan fingerprint density at radius 1 is 1.00 bits per heavy atom. The molecule has 1 heterocycles. The molecule has 23 heavy (non-hydrogen) atoms. The van der Waals surface area contributed by atoms with Crippen molar-refractivity contribution in [1.29, 1.82) is 0 Å². The van der Waals surface area contributed by atoms with E-state index in [1.807, 2.05) is 48.5 Å². The Morgan fingerprint density at radius 2 is 1.65 bits per heavy atom. The highest BCUT2D eigenvalue weighted by Crippen LogP contribution is 2.24. The van der Waals surface area contributed by atoms with Crippen molar-refractivity contribution in [3.05, 3.63) is 71.4 Å². The van der Waals surface area contributed by atoms with E-state index in [1.54, 1.807) is 10.8 Å². The number of carbonyl (C=O) groups is 2. The number of hydrogen-bond acceptors (Lipinski definition) is 2. The third-order valence-electron chi connectivity index (χ3n) is 4.09. The maximum Gasteiger partial charge on any atom is 0.262 e. The van der Waals surface area contributed by atoms with Crippen LogP contribution in [-0.2, 0) is 5.41 Å². The van der Waals surface area contributed by atoms with Crippen LogP contribution in [0.1, 0.15) is 47.1 Å². The van der Waals surface area contributed by atoms with Gasteiger partial charge in [-0.25, -0.2) is 0 Å². The van der Waals surface area contributed by atoms with E-state index in [1.165, 1.54) is 5.56 Å². The molecule has 0 saturated carbocycles. The molecule has 0 aliphatic heterocycles. The van der Waals surface area contributed by atoms with E-state index in [4.69, 9.17) is 0 Å². The first kappa shape index (κ1) is 15.2. The van der Waals surface area contributed by atoms with Crippen LogP contribution in [0.5, 0.6) is 0 Å². The Kier molecular flexibility index (Phi) is 3.64. The standard InChI is InChI=1S/C20H19NO2/c1-20(2,3)16-10-8-14(9-11-16)19(23)21-12-15(13-22)17-6-4-5-7-18(17)21/h4-13H,1-3H3. The zero-order valence-corrected chi connectivity index (χ0v) is 13.5. The maximum atomic E-state index is 12.8. The Bertz CT molecular complexity index is 880. The van der Waals surface area contributed by atoms with Crippen LogP contribution in [0, 0.1) is 0 Å². The molecular weight excluding hydrogens is 286 g/mol. The van der Waals surface area contributed by atoms with Crippen molar-refractivity contribution < 1.29 is 9.59 Å². The lowest BCUT2D eigenvalue weighted by Crippen LogP contribution is -2.13. The van der Waals surface area contributed by atoms with Crippen LogP contribution in [0.2, 0.25) is 0 Å². The molecule has 0 aliphatic rings. The van der Waals surface area contributed by atoms with Gasteiger partial charge in [0.1, 0.15) is 0 Å². The molecule has 3 heteroatoms. The zero-order valence-electron chi connectivity index (χ0n) is 13.5. The SMILES string of the molecule is CC(C)(C)c1ccc(C(=O)n2cc(C=O)c3ccccc32)cc1. The van der Waals surface area contributed by atoms with Crippen molar-refractivity contribution in [2.45, 2.75) is 26.2 Å². The first-order valence-corrected chi connectivity index (χ1v) is 7.62. The summed E-state index contributed by atoms with van der Waals surface area (Å²) in [7, 11) is 0. The van der Waals surface area contributed by atoms with Crippen LogP contribution in [0.3, 0.4) is 0 Å². The third kappa shape index (κ3) is 2.70. The molecule has 0 bridgehead atoms. The highest BCUT2D eigenvalue weighted by atomic mass is 16.2. The summed E-state index contributed by atoms with van der Waals surface area (Å²) in [4.78, 5) is 24.0. The molecule has 3 nitrogen and oxygen atoms in total. The fourth-order valence-electron chi connectivity index (χ4n) is 2.72. The molecule has 0 atom stereocenters. The number of carbonyl (C=O) groups excluding carboxylic acids is 2. The van der Waals surface area contributed by atoms with Crippen molar-refractivity contribution in [3.8, 4) is 0 Å². The highest BCUT2D eigenvalue weighted by Gasteiger charge is 2.17. The average Bonchev–Trinajstić information content (AvgIpc) is 2.92. The van der Waals surface area contributed by atoms with Gasteiger partial charge in [-0.15, -0.1) is 0 Å². The van der Waals surface area contributed by atoms with Crippen LogP contribution in [0.15, 0.2) is 54.7 Å². The minimum Gasteiger partial charge on any atom is -0.298 e. The van der Waals surface area contributed by atoms with E-state index < -0.39 is 0 Å². The number of aromatic nitrogens is 1. The summed E-state index contributed by atoms with van der Waals surface area (Å²) in [6.45, 7) is 6.42. The van der Waals surface area contributed by atoms with Gasteiger partial charge in [0, 0.05) is 22.7 Å². The van der Waals surface area contributed by atoms with E-state index in [-0.39, 0.29) is 11.3 Å². The molecule has 0 amide bonds. The third-order valence-corrected chi connectivity index (χ3v) is 4.09. The van der Waals surface area contributed by atoms with Gasteiger partial charge in [0.15, 0.2) is 6.29 Å². The Hall–Kier alpha value is -2.68. The zero-order chi connectivity index (χ0) is 16.6. The summed E-state index contributed by atoms with van der Waals surface area (Å²) in [5, 5.41) is 0.794. The van der Waals surface area contributed by atoms with Crippen molar-refractivity contribution >= 4 is 23.1 Å². The van der Waals surface area contributed by atoms with Crippen LogP contribution >= 0.6 is 0 Å². The minimum atomic E-state index is -0.130. The quantitative estimate of drug-likeness (QED) is 0.657. The molecule has 3 aromatic rings. The predicted molar refractivity (Wildman–Crippen MR) is 92.2 cm³/mol. The molecule has 1 aromatic heterocycles. The van der Waals surface area contributed by atoms with E-state index in [0.717, 1.165) is 17.2 Å². The molecule has 0 unspecified atom stereocenters. The van der Waals surface area contributed by atoms with Gasteiger partial charge < -0.3 is 0 Å². The van der Waals surface area contributed by atoms with Crippen molar-refractivity contribution in [1.82, 2.24) is 4.57 Å². The molecule has 116 valence electrons. The van der Waals surface area contributed by atoms with E-state index >= 15 is 0 Å². The van der Waals surface area contributed by atoms with Gasteiger partial charge in [0.25, 0.3) is 5.91 Å². The molecule has 0 radical (unpaired) electrons. The van der Waals surface area contributed by atoms with Gasteiger partial charge in [-0.3, -0.25) is 14.2 Å². The summed E-state index contributed by atoms with van der Waals surface area (Å²) in [6.07, 6.45) is 2.40. The molecule has 0 saturated heterocycles. The number of rotatable bonds is 2. The second kappa shape index (κ2) is 5.51. The molecule has 0 N–H and O–H groups in total. The van der Waals surface area contributed by atoms with Crippen molar-refractivity contribution in [2.24, 2.45) is 0 Å². The normalized spacial score (nSPS) is 11.6. The number of hydrogen-bond donors (Lipinski definition) is 0. The van der Waals surface area contributed by atoms with Gasteiger partial charge in [0.05, 0.1) is 5.52 Å². The van der Waals surface area contributed by atoms with Crippen LogP contribution in [0.4, 0.5) is 0 Å². The van der Waals surface area contributed by atoms with Crippen LogP contribution in [0.25, 0.3) is 10.9 Å². The number of nitrogens with zero attached hydrogens (tertiary/aromatic N) is 1. The van der Waals surface area contributed by atoms with Crippen LogP contribution < -0.4 is 0 Å². The van der Waals surface area contributed by atoms with Gasteiger partial charge in [0.2, 0.25) is 0 Å². The number of para-hydroxylation sites is 1. The number of aldehydes is 1. The lowest BCUT2D eigenvalue weighted by atomic mass is 9.87. The minimum absolute atomic E-state index is 0.0480. The largest absolute Gasteiger partial charge is 0.298 e. The molecule has 3 rings (SSSR count). The smallest absolute Gasteiger partial charge is 0.262 e. The molecule has 2 aromatic carbocycles. The lowest BCUT2D eigenvalue weighted by Gasteiger charge is -2.19. The maximum absolute atomic E-state index is 12.8. The Morgan fingerprint density at radius 3 is 2.26 bits per heavy atom. The van der Waals surface area contributed by atoms with Crippen LogP contribution in [-0.4, -0.2) is 16.8 Å². The summed E-state index contributed by atoms with van der Waals surface area (Å²) < 4.78 is 1.55. The summed E-state index contributed by atoms with van der Waals surface area (Å²) in [5.74, 6) is -0.130. The first-order valence-electron chi connectivity index (χ1n) is 7.62. The predicted octanol–water partition coefficient (Wildman–Crippen LogP) is 4.44.